The number of ether oxygens (including phenoxy) is 1. The zero-order chi connectivity index (χ0) is 21.8. The van der Waals surface area contributed by atoms with E-state index in [1.165, 1.54) is 0 Å². The van der Waals surface area contributed by atoms with Crippen LogP contribution in [0.1, 0.15) is 40.7 Å². The van der Waals surface area contributed by atoms with Gasteiger partial charge in [0.2, 0.25) is 5.91 Å². The molecule has 0 bridgehead atoms. The smallest absolute Gasteiger partial charge is 0.220 e. The number of amides is 1. The van der Waals surface area contributed by atoms with Gasteiger partial charge in [-0.1, -0.05) is 30.3 Å². The van der Waals surface area contributed by atoms with E-state index in [1.807, 2.05) is 49.6 Å². The maximum absolute atomic E-state index is 12.9. The second kappa shape index (κ2) is 9.58. The quantitative estimate of drug-likeness (QED) is 0.635. The zero-order valence-corrected chi connectivity index (χ0v) is 18.6. The van der Waals surface area contributed by atoms with E-state index in [0.717, 1.165) is 66.7 Å². The Balaban J connectivity index is 1.45. The van der Waals surface area contributed by atoms with Gasteiger partial charge in [0.1, 0.15) is 0 Å². The Kier molecular flexibility index (Phi) is 6.63. The van der Waals surface area contributed by atoms with Crippen molar-refractivity contribution in [3.63, 3.8) is 0 Å². The normalized spacial score (nSPS) is 15.8. The van der Waals surface area contributed by atoms with Crippen LogP contribution in [0.15, 0.2) is 36.4 Å². The number of benzene rings is 1. The Bertz CT molecular complexity index is 1040. The number of nitrogens with one attached hydrogen (secondary N) is 1. The summed E-state index contributed by atoms with van der Waals surface area (Å²) in [6, 6.07) is 12.1. The minimum absolute atomic E-state index is 0.0386. The number of morpholine rings is 1. The number of rotatable bonds is 7. The number of hydrogen-bond acceptors (Lipinski definition) is 5. The standard InChI is InChI=1S/C24H31N5O2/c1-17-15-23-25-18(2)21(19(3)29(23)27-17)9-10-24(30)26-22(20-7-5-4-6-8-20)16-28-11-13-31-14-12-28/h4-8,15,22H,9-14,16H2,1-3H3,(H,26,30). The highest BCUT2D eigenvalue weighted by Gasteiger charge is 2.20. The molecule has 1 atom stereocenters. The molecular formula is C24H31N5O2. The summed E-state index contributed by atoms with van der Waals surface area (Å²) in [4.78, 5) is 20.0. The molecule has 7 nitrogen and oxygen atoms in total. The molecule has 0 spiro atoms. The number of carbonyl (C=O) groups excluding carboxylic acids is 1. The van der Waals surface area contributed by atoms with Gasteiger partial charge in [0.05, 0.1) is 24.9 Å². The Hall–Kier alpha value is -2.77. The topological polar surface area (TPSA) is 71.8 Å². The third kappa shape index (κ3) is 5.11. The molecular weight excluding hydrogens is 390 g/mol. The van der Waals surface area contributed by atoms with Gasteiger partial charge in [0.15, 0.2) is 5.65 Å². The molecule has 3 aromatic rings. The van der Waals surface area contributed by atoms with Gasteiger partial charge in [0, 0.05) is 43.5 Å². The minimum atomic E-state index is -0.0386. The summed E-state index contributed by atoms with van der Waals surface area (Å²) in [5.74, 6) is 0.0534. The third-order valence-electron chi connectivity index (χ3n) is 5.97. The van der Waals surface area contributed by atoms with E-state index in [9.17, 15) is 4.79 Å². The summed E-state index contributed by atoms with van der Waals surface area (Å²) in [5, 5.41) is 7.80. The van der Waals surface area contributed by atoms with Crippen molar-refractivity contribution in [2.24, 2.45) is 0 Å². The molecule has 7 heteroatoms. The molecule has 1 amide bonds. The van der Waals surface area contributed by atoms with E-state index in [4.69, 9.17) is 4.74 Å². The van der Waals surface area contributed by atoms with Crippen LogP contribution in [-0.2, 0) is 16.0 Å². The lowest BCUT2D eigenvalue weighted by Crippen LogP contribution is -2.43. The third-order valence-corrected chi connectivity index (χ3v) is 5.97. The minimum Gasteiger partial charge on any atom is -0.379 e. The fourth-order valence-electron chi connectivity index (χ4n) is 4.27. The Morgan fingerprint density at radius 1 is 1.16 bits per heavy atom. The van der Waals surface area contributed by atoms with E-state index in [0.29, 0.717) is 12.8 Å². The maximum Gasteiger partial charge on any atom is 0.220 e. The van der Waals surface area contributed by atoms with Crippen molar-refractivity contribution in [2.75, 3.05) is 32.8 Å². The molecule has 1 saturated heterocycles. The highest BCUT2D eigenvalue weighted by molar-refractivity contribution is 5.76. The van der Waals surface area contributed by atoms with E-state index < -0.39 is 0 Å². The largest absolute Gasteiger partial charge is 0.379 e. The van der Waals surface area contributed by atoms with Crippen molar-refractivity contribution < 1.29 is 9.53 Å². The van der Waals surface area contributed by atoms with Crippen LogP contribution in [0.4, 0.5) is 0 Å². The van der Waals surface area contributed by atoms with Crippen LogP contribution in [-0.4, -0.2) is 58.3 Å². The van der Waals surface area contributed by atoms with Gasteiger partial charge < -0.3 is 10.1 Å². The van der Waals surface area contributed by atoms with Crippen molar-refractivity contribution >= 4 is 11.6 Å². The van der Waals surface area contributed by atoms with E-state index in [2.05, 4.69) is 32.4 Å². The summed E-state index contributed by atoms with van der Waals surface area (Å²) in [6.07, 6.45) is 1.06. The SMILES string of the molecule is Cc1cc2nc(C)c(CCC(=O)NC(CN3CCOCC3)c3ccccc3)c(C)n2n1. The lowest BCUT2D eigenvalue weighted by Gasteiger charge is -2.31. The fourth-order valence-corrected chi connectivity index (χ4v) is 4.27. The summed E-state index contributed by atoms with van der Waals surface area (Å²) in [5.41, 5.74) is 6.04. The molecule has 1 aliphatic heterocycles. The molecule has 1 aliphatic rings. The first-order chi connectivity index (χ1) is 15.0. The van der Waals surface area contributed by atoms with Gasteiger partial charge in [-0.15, -0.1) is 0 Å². The molecule has 3 heterocycles. The van der Waals surface area contributed by atoms with Crippen LogP contribution in [0.25, 0.3) is 5.65 Å². The van der Waals surface area contributed by atoms with Crippen molar-refractivity contribution in [3.8, 4) is 0 Å². The summed E-state index contributed by atoms with van der Waals surface area (Å²) in [7, 11) is 0. The van der Waals surface area contributed by atoms with Gasteiger partial charge in [0.25, 0.3) is 0 Å². The molecule has 1 fully saturated rings. The van der Waals surface area contributed by atoms with Crippen molar-refractivity contribution in [3.05, 3.63) is 64.6 Å². The number of fused-ring (bicyclic) bond motifs is 1. The summed E-state index contributed by atoms with van der Waals surface area (Å²) >= 11 is 0. The number of aryl methyl sites for hydroxylation is 3. The Morgan fingerprint density at radius 3 is 2.65 bits per heavy atom. The molecule has 0 aliphatic carbocycles. The molecule has 164 valence electrons. The Labute approximate surface area is 183 Å². The molecule has 4 rings (SSSR count). The summed E-state index contributed by atoms with van der Waals surface area (Å²) < 4.78 is 7.34. The zero-order valence-electron chi connectivity index (χ0n) is 18.6. The maximum atomic E-state index is 12.9. The van der Waals surface area contributed by atoms with E-state index >= 15 is 0 Å². The van der Waals surface area contributed by atoms with Crippen molar-refractivity contribution in [2.45, 2.75) is 39.7 Å². The fraction of sp³-hybridized carbons (Fsp3) is 0.458. The van der Waals surface area contributed by atoms with Crippen LogP contribution in [0.2, 0.25) is 0 Å². The van der Waals surface area contributed by atoms with Crippen LogP contribution in [0.5, 0.6) is 0 Å². The predicted octanol–water partition coefficient (Wildman–Crippen LogP) is 2.78. The predicted molar refractivity (Wildman–Crippen MR) is 120 cm³/mol. The van der Waals surface area contributed by atoms with Crippen LogP contribution in [0, 0.1) is 20.8 Å². The van der Waals surface area contributed by atoms with Crippen LogP contribution in [0.3, 0.4) is 0 Å². The first-order valence-corrected chi connectivity index (χ1v) is 11.0. The first kappa shape index (κ1) is 21.5. The van der Waals surface area contributed by atoms with Crippen LogP contribution < -0.4 is 5.32 Å². The van der Waals surface area contributed by atoms with E-state index in [1.54, 1.807) is 0 Å². The Morgan fingerprint density at radius 2 is 1.90 bits per heavy atom. The first-order valence-electron chi connectivity index (χ1n) is 11.0. The van der Waals surface area contributed by atoms with Crippen molar-refractivity contribution in [1.82, 2.24) is 24.8 Å². The van der Waals surface area contributed by atoms with Gasteiger partial charge in [-0.05, 0) is 38.3 Å². The molecule has 1 aromatic carbocycles. The van der Waals surface area contributed by atoms with Crippen molar-refractivity contribution in [1.29, 1.82) is 0 Å². The summed E-state index contributed by atoms with van der Waals surface area (Å²) in [6.45, 7) is 10.1. The second-order valence-corrected chi connectivity index (χ2v) is 8.26. The van der Waals surface area contributed by atoms with Gasteiger partial charge in [-0.2, -0.15) is 5.10 Å². The molecule has 1 unspecified atom stereocenters. The lowest BCUT2D eigenvalue weighted by molar-refractivity contribution is -0.122. The molecule has 2 aromatic heterocycles. The number of aromatic nitrogens is 3. The highest BCUT2D eigenvalue weighted by Crippen LogP contribution is 2.19. The number of carbonyl (C=O) groups is 1. The average molecular weight is 422 g/mol. The monoisotopic (exact) mass is 421 g/mol. The van der Waals surface area contributed by atoms with Crippen LogP contribution >= 0.6 is 0 Å². The number of nitrogens with zero attached hydrogens (tertiary/aromatic N) is 4. The van der Waals surface area contributed by atoms with Gasteiger partial charge >= 0.3 is 0 Å². The van der Waals surface area contributed by atoms with Gasteiger partial charge in [-0.3, -0.25) is 9.69 Å². The highest BCUT2D eigenvalue weighted by atomic mass is 16.5. The average Bonchev–Trinajstić information content (AvgIpc) is 3.15. The van der Waals surface area contributed by atoms with Gasteiger partial charge in [-0.25, -0.2) is 9.50 Å². The second-order valence-electron chi connectivity index (χ2n) is 8.26. The molecule has 0 radical (unpaired) electrons. The lowest BCUT2D eigenvalue weighted by atomic mass is 10.0. The molecule has 0 saturated carbocycles. The number of hydrogen-bond donors (Lipinski definition) is 1. The van der Waals surface area contributed by atoms with E-state index in [-0.39, 0.29) is 11.9 Å². The molecule has 31 heavy (non-hydrogen) atoms. The molecule has 1 N–H and O–H groups in total.